The second-order valence-electron chi connectivity index (χ2n) is 9.46. The molecular weight excluding hydrogens is 552 g/mol. The molecule has 0 saturated heterocycles. The first-order valence-corrected chi connectivity index (χ1v) is 13.6. The van der Waals surface area contributed by atoms with Gasteiger partial charge in [-0.3, -0.25) is 9.36 Å². The Morgan fingerprint density at radius 1 is 1.15 bits per heavy atom. The van der Waals surface area contributed by atoms with E-state index in [1.165, 1.54) is 22.0 Å². The van der Waals surface area contributed by atoms with Gasteiger partial charge in [-0.05, 0) is 55.8 Å². The number of rotatable bonds is 8. The van der Waals surface area contributed by atoms with Crippen molar-refractivity contribution in [2.24, 2.45) is 4.99 Å². The third kappa shape index (κ3) is 5.71. The van der Waals surface area contributed by atoms with Crippen molar-refractivity contribution in [3.8, 4) is 5.75 Å². The van der Waals surface area contributed by atoms with Crippen molar-refractivity contribution in [1.82, 2.24) is 4.57 Å². The molecule has 0 fully saturated rings. The number of furan rings is 1. The number of ether oxygens (including phenoxy) is 2. The maximum Gasteiger partial charge on any atom is 0.338 e. The summed E-state index contributed by atoms with van der Waals surface area (Å²) in [5.41, 5.74) is 2.15. The average molecular weight is 580 g/mol. The molecule has 4 aromatic rings. The van der Waals surface area contributed by atoms with Gasteiger partial charge in [0.15, 0.2) is 16.4 Å². The van der Waals surface area contributed by atoms with E-state index in [0.717, 1.165) is 23.4 Å². The molecule has 1 atom stereocenters. The molecule has 8 nitrogen and oxygen atoms in total. The number of hydrogen-bond donors (Lipinski definition) is 0. The number of aromatic nitrogens is 1. The number of benzene rings is 2. The number of fused-ring (bicyclic) bond motifs is 1. The number of carbonyl (C=O) groups is 1. The number of allylic oxidation sites excluding steroid dienone is 1. The summed E-state index contributed by atoms with van der Waals surface area (Å²) in [7, 11) is 3.86. The lowest BCUT2D eigenvalue weighted by Gasteiger charge is -2.25. The minimum absolute atomic E-state index is 0.0946. The zero-order chi connectivity index (χ0) is 29.3. The van der Waals surface area contributed by atoms with E-state index in [1.807, 2.05) is 43.3 Å². The van der Waals surface area contributed by atoms with Crippen LogP contribution in [-0.4, -0.2) is 31.2 Å². The van der Waals surface area contributed by atoms with Gasteiger partial charge in [-0.25, -0.2) is 18.6 Å². The fourth-order valence-corrected chi connectivity index (χ4v) is 5.51. The van der Waals surface area contributed by atoms with Crippen LogP contribution in [0.3, 0.4) is 0 Å². The lowest BCUT2D eigenvalue weighted by atomic mass is 9.95. The number of anilines is 1. The molecule has 2 aromatic carbocycles. The Balaban J connectivity index is 1.51. The molecule has 1 aliphatic heterocycles. The van der Waals surface area contributed by atoms with Gasteiger partial charge in [0.25, 0.3) is 5.56 Å². The number of carbonyl (C=O) groups excluding carboxylic acids is 1. The molecule has 3 heterocycles. The Morgan fingerprint density at radius 2 is 1.90 bits per heavy atom. The van der Waals surface area contributed by atoms with Gasteiger partial charge in [-0.2, -0.15) is 0 Å². The lowest BCUT2D eigenvalue weighted by Crippen LogP contribution is -2.39. The zero-order valence-electron chi connectivity index (χ0n) is 22.8. The molecule has 11 heteroatoms. The first-order valence-electron chi connectivity index (χ1n) is 12.8. The molecule has 41 heavy (non-hydrogen) atoms. The van der Waals surface area contributed by atoms with Gasteiger partial charge in [0, 0.05) is 31.9 Å². The van der Waals surface area contributed by atoms with Crippen LogP contribution in [0, 0.1) is 11.6 Å². The molecule has 0 spiro atoms. The monoisotopic (exact) mass is 579 g/mol. The van der Waals surface area contributed by atoms with E-state index in [1.54, 1.807) is 32.1 Å². The average Bonchev–Trinajstić information content (AvgIpc) is 3.51. The summed E-state index contributed by atoms with van der Waals surface area (Å²) in [5, 5.41) is 0. The molecule has 0 N–H and O–H groups in total. The molecular formula is C30H27F2N3O5S. The van der Waals surface area contributed by atoms with Crippen LogP contribution in [0.5, 0.6) is 5.75 Å². The predicted molar refractivity (Wildman–Crippen MR) is 151 cm³/mol. The van der Waals surface area contributed by atoms with Gasteiger partial charge in [0.1, 0.15) is 23.9 Å². The van der Waals surface area contributed by atoms with Crippen LogP contribution in [0.15, 0.2) is 80.1 Å². The van der Waals surface area contributed by atoms with E-state index in [0.29, 0.717) is 32.1 Å². The van der Waals surface area contributed by atoms with Crippen molar-refractivity contribution in [1.29, 1.82) is 0 Å². The van der Waals surface area contributed by atoms with Gasteiger partial charge in [0.05, 0.1) is 28.5 Å². The van der Waals surface area contributed by atoms with Crippen LogP contribution in [-0.2, 0) is 16.1 Å². The summed E-state index contributed by atoms with van der Waals surface area (Å²) in [6, 6.07) is 13.2. The zero-order valence-corrected chi connectivity index (χ0v) is 23.6. The first kappa shape index (κ1) is 28.0. The standard InChI is InChI=1S/C30H27F2N3O5S/c1-5-38-29(37)26-17(2)33-30-35(27(26)18-6-9-20(10-7-18)34(3)4)28(36)25(41-30)15-21-11-12-22(40-21)16-39-24-13-8-19(31)14-23(24)32/h6-15,27H,5,16H2,1-4H3/b25-15+/t27-/m1/s1. The molecule has 0 amide bonds. The van der Waals surface area contributed by atoms with Gasteiger partial charge in [-0.15, -0.1) is 0 Å². The van der Waals surface area contributed by atoms with E-state index < -0.39 is 23.6 Å². The van der Waals surface area contributed by atoms with E-state index >= 15 is 0 Å². The molecule has 1 aliphatic rings. The number of esters is 1. The van der Waals surface area contributed by atoms with Gasteiger partial charge < -0.3 is 18.8 Å². The second kappa shape index (κ2) is 11.5. The summed E-state index contributed by atoms with van der Waals surface area (Å²) in [4.78, 5) is 33.8. The summed E-state index contributed by atoms with van der Waals surface area (Å²) in [6.07, 6.45) is 1.58. The Labute approximate surface area is 238 Å². The highest BCUT2D eigenvalue weighted by Gasteiger charge is 2.33. The van der Waals surface area contributed by atoms with Crippen LogP contribution in [0.1, 0.15) is 37.0 Å². The minimum atomic E-state index is -0.818. The van der Waals surface area contributed by atoms with Crippen molar-refractivity contribution in [3.63, 3.8) is 0 Å². The highest BCUT2D eigenvalue weighted by atomic mass is 32.1. The van der Waals surface area contributed by atoms with Gasteiger partial charge in [0.2, 0.25) is 0 Å². The topological polar surface area (TPSA) is 86.3 Å². The third-order valence-electron chi connectivity index (χ3n) is 6.46. The highest BCUT2D eigenvalue weighted by molar-refractivity contribution is 7.07. The fourth-order valence-electron chi connectivity index (χ4n) is 4.48. The Bertz CT molecular complexity index is 1820. The van der Waals surface area contributed by atoms with Crippen molar-refractivity contribution >= 4 is 29.1 Å². The SMILES string of the molecule is CCOC(=O)C1=C(C)N=c2s/c(=C/c3ccc(COc4ccc(F)cc4F)o3)c(=O)n2[C@@H]1c1ccc(N(C)C)cc1. The largest absolute Gasteiger partial charge is 0.483 e. The quantitative estimate of drug-likeness (QED) is 0.289. The minimum Gasteiger partial charge on any atom is -0.483 e. The molecule has 0 aliphatic carbocycles. The van der Waals surface area contributed by atoms with Crippen LogP contribution in [0.25, 0.3) is 6.08 Å². The molecule has 5 rings (SSSR count). The van der Waals surface area contributed by atoms with Crippen LogP contribution < -0.4 is 24.5 Å². The molecule has 212 valence electrons. The number of halogens is 2. The van der Waals surface area contributed by atoms with E-state index in [2.05, 4.69) is 4.99 Å². The van der Waals surface area contributed by atoms with Crippen molar-refractivity contribution < 1.29 is 27.5 Å². The summed E-state index contributed by atoms with van der Waals surface area (Å²) in [5.74, 6) is -1.40. The van der Waals surface area contributed by atoms with Crippen molar-refractivity contribution in [3.05, 3.63) is 114 Å². The van der Waals surface area contributed by atoms with Gasteiger partial charge in [-0.1, -0.05) is 23.5 Å². The van der Waals surface area contributed by atoms with Gasteiger partial charge >= 0.3 is 5.97 Å². The lowest BCUT2D eigenvalue weighted by molar-refractivity contribution is -0.139. The molecule has 0 bridgehead atoms. The fraction of sp³-hybridized carbons (Fsp3) is 0.233. The highest BCUT2D eigenvalue weighted by Crippen LogP contribution is 2.31. The number of thiazole rings is 1. The number of hydrogen-bond acceptors (Lipinski definition) is 8. The predicted octanol–water partition coefficient (Wildman–Crippen LogP) is 4.31. The van der Waals surface area contributed by atoms with E-state index in [9.17, 15) is 18.4 Å². The van der Waals surface area contributed by atoms with Crippen LogP contribution in [0.2, 0.25) is 0 Å². The first-order chi connectivity index (χ1) is 19.7. The summed E-state index contributed by atoms with van der Waals surface area (Å²) < 4.78 is 45.4. The smallest absolute Gasteiger partial charge is 0.338 e. The van der Waals surface area contributed by atoms with Crippen LogP contribution >= 0.6 is 11.3 Å². The van der Waals surface area contributed by atoms with Crippen molar-refractivity contribution in [2.75, 3.05) is 25.6 Å². The summed E-state index contributed by atoms with van der Waals surface area (Å²) >= 11 is 1.17. The van der Waals surface area contributed by atoms with Crippen molar-refractivity contribution in [2.45, 2.75) is 26.5 Å². The Kier molecular flexibility index (Phi) is 7.89. The second-order valence-corrected chi connectivity index (χ2v) is 10.5. The maximum absolute atomic E-state index is 13.9. The summed E-state index contributed by atoms with van der Waals surface area (Å²) in [6.45, 7) is 3.54. The number of nitrogens with zero attached hydrogens (tertiary/aromatic N) is 3. The van der Waals surface area contributed by atoms with E-state index in [4.69, 9.17) is 13.9 Å². The molecule has 0 radical (unpaired) electrons. The van der Waals surface area contributed by atoms with E-state index in [-0.39, 0.29) is 24.5 Å². The molecule has 0 saturated carbocycles. The normalized spacial score (nSPS) is 15.0. The maximum atomic E-state index is 13.9. The molecule has 0 unspecified atom stereocenters. The molecule has 2 aromatic heterocycles. The van der Waals surface area contributed by atoms with Crippen LogP contribution in [0.4, 0.5) is 14.5 Å². The Morgan fingerprint density at radius 3 is 2.59 bits per heavy atom. The Hall–Kier alpha value is -4.51. The third-order valence-corrected chi connectivity index (χ3v) is 7.44.